The Hall–Kier alpha value is -2.15. The number of ether oxygens (including phenoxy) is 1. The zero-order chi connectivity index (χ0) is 13.8. The fourth-order valence-corrected chi connectivity index (χ4v) is 1.97. The summed E-state index contributed by atoms with van der Waals surface area (Å²) in [4.78, 5) is 39.1. The molecule has 0 spiro atoms. The van der Waals surface area contributed by atoms with E-state index in [0.29, 0.717) is 13.2 Å². The van der Waals surface area contributed by atoms with E-state index in [0.717, 1.165) is 0 Å². The molecule has 1 aromatic heterocycles. The number of carbonyl (C=O) groups excluding carboxylic acids is 2. The van der Waals surface area contributed by atoms with E-state index in [-0.39, 0.29) is 29.5 Å². The van der Waals surface area contributed by atoms with Crippen molar-refractivity contribution in [3.8, 4) is 0 Å². The standard InChI is InChI=1S/C12H15N3O4/c1-13-11(17)9-7-19-5-4-15(9)12(18)8-2-3-14-10(16)6-8/h2-3,6,9H,4-5,7H2,1H3,(H,13,17)(H,14,16). The molecule has 7 heteroatoms. The second-order valence-electron chi connectivity index (χ2n) is 4.15. The molecule has 102 valence electrons. The quantitative estimate of drug-likeness (QED) is 0.714. The largest absolute Gasteiger partial charge is 0.377 e. The van der Waals surface area contributed by atoms with Crippen LogP contribution in [0.25, 0.3) is 0 Å². The monoisotopic (exact) mass is 265 g/mol. The van der Waals surface area contributed by atoms with Crippen molar-refractivity contribution < 1.29 is 14.3 Å². The Morgan fingerprint density at radius 1 is 1.53 bits per heavy atom. The maximum Gasteiger partial charge on any atom is 0.254 e. The molecule has 0 aromatic carbocycles. The molecule has 2 amide bonds. The van der Waals surface area contributed by atoms with Crippen LogP contribution >= 0.6 is 0 Å². The minimum atomic E-state index is -0.662. The number of likely N-dealkylation sites (N-methyl/N-ethyl adjacent to an activating group) is 1. The third-order valence-corrected chi connectivity index (χ3v) is 2.96. The summed E-state index contributed by atoms with van der Waals surface area (Å²) < 4.78 is 5.22. The number of amides is 2. The maximum absolute atomic E-state index is 12.3. The highest BCUT2D eigenvalue weighted by atomic mass is 16.5. The van der Waals surface area contributed by atoms with Crippen LogP contribution in [0.4, 0.5) is 0 Å². The van der Waals surface area contributed by atoms with Crippen LogP contribution in [0, 0.1) is 0 Å². The van der Waals surface area contributed by atoms with Gasteiger partial charge in [0.1, 0.15) is 6.04 Å². The maximum atomic E-state index is 12.3. The Kier molecular flexibility index (Phi) is 3.96. The first-order valence-corrected chi connectivity index (χ1v) is 5.92. The van der Waals surface area contributed by atoms with Crippen molar-refractivity contribution in [1.82, 2.24) is 15.2 Å². The molecule has 0 radical (unpaired) electrons. The number of nitrogens with zero attached hydrogens (tertiary/aromatic N) is 1. The van der Waals surface area contributed by atoms with Crippen molar-refractivity contribution in [3.05, 3.63) is 34.2 Å². The summed E-state index contributed by atoms with van der Waals surface area (Å²) in [6.45, 7) is 0.862. The third-order valence-electron chi connectivity index (χ3n) is 2.96. The van der Waals surface area contributed by atoms with E-state index in [1.165, 1.54) is 30.3 Å². The van der Waals surface area contributed by atoms with Crippen molar-refractivity contribution in [1.29, 1.82) is 0 Å². The molecule has 1 aromatic rings. The molecule has 1 aliphatic heterocycles. The van der Waals surface area contributed by atoms with Gasteiger partial charge in [-0.25, -0.2) is 0 Å². The Morgan fingerprint density at radius 2 is 2.32 bits per heavy atom. The lowest BCUT2D eigenvalue weighted by molar-refractivity contribution is -0.130. The highest BCUT2D eigenvalue weighted by molar-refractivity contribution is 5.97. The summed E-state index contributed by atoms with van der Waals surface area (Å²) in [6.07, 6.45) is 1.41. The molecule has 1 unspecified atom stereocenters. The average Bonchev–Trinajstić information content (AvgIpc) is 2.45. The van der Waals surface area contributed by atoms with E-state index in [2.05, 4.69) is 10.3 Å². The molecule has 7 nitrogen and oxygen atoms in total. The Labute approximate surface area is 109 Å². The smallest absolute Gasteiger partial charge is 0.254 e. The summed E-state index contributed by atoms with van der Waals surface area (Å²) in [5.74, 6) is -0.624. The molecular weight excluding hydrogens is 250 g/mol. The van der Waals surface area contributed by atoms with E-state index in [1.54, 1.807) is 0 Å². The molecule has 2 N–H and O–H groups in total. The number of morpholine rings is 1. The van der Waals surface area contributed by atoms with E-state index in [4.69, 9.17) is 4.74 Å². The first-order valence-electron chi connectivity index (χ1n) is 5.92. The molecule has 1 saturated heterocycles. The fourth-order valence-electron chi connectivity index (χ4n) is 1.97. The second-order valence-corrected chi connectivity index (χ2v) is 4.15. The van der Waals surface area contributed by atoms with Gasteiger partial charge in [0.2, 0.25) is 11.5 Å². The number of H-pyrrole nitrogens is 1. The second kappa shape index (κ2) is 5.66. The van der Waals surface area contributed by atoms with Gasteiger partial charge >= 0.3 is 0 Å². The lowest BCUT2D eigenvalue weighted by Gasteiger charge is -2.34. The predicted octanol–water partition coefficient (Wildman–Crippen LogP) is -1.04. The fraction of sp³-hybridized carbons (Fsp3) is 0.417. The number of carbonyl (C=O) groups is 2. The topological polar surface area (TPSA) is 91.5 Å². The number of rotatable bonds is 2. The van der Waals surface area contributed by atoms with Gasteiger partial charge in [-0.05, 0) is 6.07 Å². The predicted molar refractivity (Wildman–Crippen MR) is 66.8 cm³/mol. The zero-order valence-electron chi connectivity index (χ0n) is 10.5. The number of pyridine rings is 1. The summed E-state index contributed by atoms with van der Waals surface area (Å²) >= 11 is 0. The van der Waals surface area contributed by atoms with Gasteiger partial charge in [0.05, 0.1) is 13.2 Å². The number of hydrogen-bond acceptors (Lipinski definition) is 4. The first kappa shape index (κ1) is 13.3. The number of nitrogens with one attached hydrogen (secondary N) is 2. The molecule has 1 aliphatic rings. The summed E-state index contributed by atoms with van der Waals surface area (Å²) in [7, 11) is 1.51. The number of hydrogen-bond donors (Lipinski definition) is 2. The van der Waals surface area contributed by atoms with E-state index >= 15 is 0 Å². The Bertz CT molecular complexity index is 540. The number of aromatic nitrogens is 1. The molecule has 19 heavy (non-hydrogen) atoms. The Balaban J connectivity index is 2.25. The molecule has 1 atom stereocenters. The molecule has 2 rings (SSSR count). The van der Waals surface area contributed by atoms with Crippen LogP contribution in [0.3, 0.4) is 0 Å². The van der Waals surface area contributed by atoms with Crippen LogP contribution in [-0.2, 0) is 9.53 Å². The zero-order valence-corrected chi connectivity index (χ0v) is 10.5. The molecule has 0 aliphatic carbocycles. The van der Waals surface area contributed by atoms with Crippen LogP contribution in [0.5, 0.6) is 0 Å². The summed E-state index contributed by atoms with van der Waals surface area (Å²) in [5.41, 5.74) is -0.0878. The normalized spacial score (nSPS) is 19.0. The molecule has 0 bridgehead atoms. The van der Waals surface area contributed by atoms with Crippen molar-refractivity contribution in [2.45, 2.75) is 6.04 Å². The van der Waals surface area contributed by atoms with Crippen molar-refractivity contribution in [2.75, 3.05) is 26.8 Å². The van der Waals surface area contributed by atoms with Gasteiger partial charge < -0.3 is 19.9 Å². The van der Waals surface area contributed by atoms with Gasteiger partial charge in [0.15, 0.2) is 0 Å². The van der Waals surface area contributed by atoms with Crippen LogP contribution in [0.1, 0.15) is 10.4 Å². The van der Waals surface area contributed by atoms with Crippen LogP contribution < -0.4 is 10.9 Å². The van der Waals surface area contributed by atoms with Gasteiger partial charge in [-0.15, -0.1) is 0 Å². The van der Waals surface area contributed by atoms with Crippen LogP contribution in [0.2, 0.25) is 0 Å². The molecule has 2 heterocycles. The van der Waals surface area contributed by atoms with Gasteiger partial charge in [0, 0.05) is 31.4 Å². The van der Waals surface area contributed by atoms with E-state index < -0.39 is 6.04 Å². The lowest BCUT2D eigenvalue weighted by atomic mass is 10.1. The SMILES string of the molecule is CNC(=O)C1COCCN1C(=O)c1cc[nH]c(=O)c1. The molecule has 0 saturated carbocycles. The Morgan fingerprint density at radius 3 is 3.00 bits per heavy atom. The minimum absolute atomic E-state index is 0.161. The van der Waals surface area contributed by atoms with Crippen LogP contribution in [0.15, 0.2) is 23.1 Å². The average molecular weight is 265 g/mol. The first-order chi connectivity index (χ1) is 9.13. The van der Waals surface area contributed by atoms with Crippen molar-refractivity contribution in [3.63, 3.8) is 0 Å². The third kappa shape index (κ3) is 2.82. The van der Waals surface area contributed by atoms with Crippen LogP contribution in [-0.4, -0.2) is 54.5 Å². The van der Waals surface area contributed by atoms with Gasteiger partial charge in [0.25, 0.3) is 5.91 Å². The highest BCUT2D eigenvalue weighted by Gasteiger charge is 2.32. The highest BCUT2D eigenvalue weighted by Crippen LogP contribution is 2.11. The van der Waals surface area contributed by atoms with Crippen molar-refractivity contribution >= 4 is 11.8 Å². The molecular formula is C12H15N3O4. The van der Waals surface area contributed by atoms with E-state index in [9.17, 15) is 14.4 Å². The molecule has 1 fully saturated rings. The minimum Gasteiger partial charge on any atom is -0.377 e. The van der Waals surface area contributed by atoms with Gasteiger partial charge in [-0.2, -0.15) is 0 Å². The van der Waals surface area contributed by atoms with Gasteiger partial charge in [-0.3, -0.25) is 14.4 Å². The summed E-state index contributed by atoms with van der Waals surface area (Å²) in [6, 6.07) is 2.07. The lowest BCUT2D eigenvalue weighted by Crippen LogP contribution is -2.55. The van der Waals surface area contributed by atoms with Crippen molar-refractivity contribution in [2.24, 2.45) is 0 Å². The number of aromatic amines is 1. The van der Waals surface area contributed by atoms with E-state index in [1.807, 2.05) is 0 Å². The van der Waals surface area contributed by atoms with Gasteiger partial charge in [-0.1, -0.05) is 0 Å². The summed E-state index contributed by atoms with van der Waals surface area (Å²) in [5, 5.41) is 2.50.